The zero-order valence-corrected chi connectivity index (χ0v) is 12.2. The summed E-state index contributed by atoms with van der Waals surface area (Å²) < 4.78 is 0.691. The van der Waals surface area contributed by atoms with Crippen LogP contribution in [-0.4, -0.2) is 22.5 Å². The normalized spacial score (nSPS) is 10.3. The Morgan fingerprint density at radius 1 is 1.57 bits per heavy atom. The third kappa shape index (κ3) is 3.16. The Balaban J connectivity index is 2.46. The minimum Gasteiger partial charge on any atom is -0.338 e. The van der Waals surface area contributed by atoms with Crippen LogP contribution in [-0.2, 0) is 6.42 Å². The molecule has 0 radical (unpaired) electrons. The maximum absolute atomic E-state index is 11.5. The van der Waals surface area contributed by atoms with Crippen molar-refractivity contribution in [2.45, 2.75) is 13.3 Å². The zero-order valence-electron chi connectivity index (χ0n) is 11.4. The van der Waals surface area contributed by atoms with E-state index in [2.05, 4.69) is 22.2 Å². The molecule has 8 heteroatoms. The van der Waals surface area contributed by atoms with Gasteiger partial charge in [-0.15, -0.1) is 6.58 Å². The highest BCUT2D eigenvalue weighted by atomic mass is 32.1. The number of hydrogen-bond donors (Lipinski definition) is 2. The summed E-state index contributed by atoms with van der Waals surface area (Å²) in [6, 6.07) is 2.66. The number of nitrogens with zero attached hydrogens (tertiary/aromatic N) is 2. The molecule has 1 aromatic carbocycles. The summed E-state index contributed by atoms with van der Waals surface area (Å²) in [6.07, 6.45) is 1.98. The van der Waals surface area contributed by atoms with Gasteiger partial charge in [0.25, 0.3) is 5.69 Å². The zero-order chi connectivity index (χ0) is 15.4. The number of nitro benzene ring substituents is 1. The molecule has 0 fully saturated rings. The first-order chi connectivity index (χ1) is 10.1. The summed E-state index contributed by atoms with van der Waals surface area (Å²) in [5.74, 6) is 0. The van der Waals surface area contributed by atoms with Gasteiger partial charge in [-0.1, -0.05) is 17.4 Å². The van der Waals surface area contributed by atoms with Crippen molar-refractivity contribution in [3.8, 4) is 0 Å². The first-order valence-electron chi connectivity index (χ1n) is 6.29. The van der Waals surface area contributed by atoms with Crippen LogP contribution in [0.15, 0.2) is 24.8 Å². The number of amides is 2. The number of benzene rings is 1. The van der Waals surface area contributed by atoms with Gasteiger partial charge in [-0.3, -0.25) is 15.4 Å². The van der Waals surface area contributed by atoms with Gasteiger partial charge in [0.05, 0.1) is 20.7 Å². The Morgan fingerprint density at radius 2 is 2.33 bits per heavy atom. The molecule has 110 valence electrons. The highest BCUT2D eigenvalue weighted by Gasteiger charge is 2.19. The van der Waals surface area contributed by atoms with E-state index in [0.29, 0.717) is 33.9 Å². The van der Waals surface area contributed by atoms with Crippen LogP contribution in [0, 0.1) is 10.1 Å². The van der Waals surface area contributed by atoms with E-state index in [1.165, 1.54) is 17.4 Å². The number of carbonyl (C=O) groups excluding carboxylic acids is 1. The van der Waals surface area contributed by atoms with E-state index < -0.39 is 4.92 Å². The summed E-state index contributed by atoms with van der Waals surface area (Å²) in [4.78, 5) is 26.4. The number of hydrogen-bond acceptors (Lipinski definition) is 5. The van der Waals surface area contributed by atoms with E-state index in [0.717, 1.165) is 0 Å². The molecule has 0 bridgehead atoms. The Morgan fingerprint density at radius 3 is 2.95 bits per heavy atom. The summed E-state index contributed by atoms with van der Waals surface area (Å²) >= 11 is 1.21. The molecule has 0 aliphatic rings. The van der Waals surface area contributed by atoms with Crippen molar-refractivity contribution in [2.75, 3.05) is 11.9 Å². The van der Waals surface area contributed by atoms with Gasteiger partial charge in [-0.05, 0) is 19.4 Å². The Hall–Kier alpha value is -2.48. The number of carbonyl (C=O) groups is 1. The van der Waals surface area contributed by atoms with Crippen LogP contribution in [0.3, 0.4) is 0 Å². The third-order valence-corrected chi connectivity index (χ3v) is 3.79. The minimum absolute atomic E-state index is 0.0376. The molecule has 2 aromatic rings. The van der Waals surface area contributed by atoms with Crippen molar-refractivity contribution in [1.29, 1.82) is 0 Å². The molecule has 2 rings (SSSR count). The molecule has 1 heterocycles. The first-order valence-corrected chi connectivity index (χ1v) is 7.11. The van der Waals surface area contributed by atoms with Gasteiger partial charge < -0.3 is 5.32 Å². The topological polar surface area (TPSA) is 97.2 Å². The van der Waals surface area contributed by atoms with E-state index in [4.69, 9.17) is 0 Å². The summed E-state index contributed by atoms with van der Waals surface area (Å²) in [5.41, 5.74) is 1.22. The highest BCUT2D eigenvalue weighted by Crippen LogP contribution is 2.34. The average molecular weight is 306 g/mol. The molecule has 0 spiro atoms. The number of allylic oxidation sites excluding steroid dienone is 1. The molecule has 0 saturated carbocycles. The average Bonchev–Trinajstić information content (AvgIpc) is 2.81. The number of thiazole rings is 1. The van der Waals surface area contributed by atoms with Crippen molar-refractivity contribution >= 4 is 38.4 Å². The van der Waals surface area contributed by atoms with Crippen LogP contribution in [0.4, 0.5) is 15.6 Å². The number of anilines is 1. The van der Waals surface area contributed by atoms with Gasteiger partial charge in [-0.2, -0.15) is 0 Å². The van der Waals surface area contributed by atoms with Crippen LogP contribution < -0.4 is 10.6 Å². The fraction of sp³-hybridized carbons (Fsp3) is 0.231. The van der Waals surface area contributed by atoms with Crippen LogP contribution in [0.1, 0.15) is 12.5 Å². The molecule has 2 amide bonds. The molecular formula is C13H14N4O3S. The number of nitro groups is 1. The minimum atomic E-state index is -0.422. The lowest BCUT2D eigenvalue weighted by molar-refractivity contribution is -0.385. The Labute approximate surface area is 124 Å². The van der Waals surface area contributed by atoms with Gasteiger partial charge in [0, 0.05) is 12.6 Å². The summed E-state index contributed by atoms with van der Waals surface area (Å²) in [5, 5.41) is 16.7. The molecule has 2 N–H and O–H groups in total. The second-order valence-electron chi connectivity index (χ2n) is 4.16. The Kier molecular flexibility index (Phi) is 4.49. The van der Waals surface area contributed by atoms with Crippen molar-refractivity contribution in [3.05, 3.63) is 40.5 Å². The molecule has 1 aromatic heterocycles. The maximum atomic E-state index is 11.5. The number of nitrogens with one attached hydrogen (secondary N) is 2. The van der Waals surface area contributed by atoms with Crippen LogP contribution in [0.2, 0.25) is 0 Å². The van der Waals surface area contributed by atoms with Gasteiger partial charge >= 0.3 is 6.03 Å². The molecule has 7 nitrogen and oxygen atoms in total. The summed E-state index contributed by atoms with van der Waals surface area (Å²) in [7, 11) is 0. The molecule has 0 aliphatic carbocycles. The predicted molar refractivity (Wildman–Crippen MR) is 82.9 cm³/mol. The molecule has 0 aliphatic heterocycles. The van der Waals surface area contributed by atoms with E-state index in [1.54, 1.807) is 12.1 Å². The molecular weight excluding hydrogens is 292 g/mol. The van der Waals surface area contributed by atoms with E-state index in [-0.39, 0.29) is 11.7 Å². The van der Waals surface area contributed by atoms with Gasteiger partial charge in [-0.25, -0.2) is 9.78 Å². The van der Waals surface area contributed by atoms with Crippen LogP contribution in [0.5, 0.6) is 0 Å². The van der Waals surface area contributed by atoms with Gasteiger partial charge in [0.15, 0.2) is 5.13 Å². The molecule has 0 saturated heterocycles. The lowest BCUT2D eigenvalue weighted by Crippen LogP contribution is -2.28. The fourth-order valence-corrected chi connectivity index (χ4v) is 2.91. The SMILES string of the molecule is C=CCc1c([N+](=O)[O-])ccc2nc(NC(=O)NCC)sc12. The monoisotopic (exact) mass is 306 g/mol. The Bertz CT molecular complexity index is 711. The van der Waals surface area contributed by atoms with Crippen molar-refractivity contribution in [3.63, 3.8) is 0 Å². The molecule has 0 unspecified atom stereocenters. The lowest BCUT2D eigenvalue weighted by Gasteiger charge is -2.01. The third-order valence-electron chi connectivity index (χ3n) is 2.74. The predicted octanol–water partition coefficient (Wildman–Crippen LogP) is 3.07. The first kappa shape index (κ1) is 14.9. The second kappa shape index (κ2) is 6.31. The van der Waals surface area contributed by atoms with Crippen LogP contribution >= 0.6 is 11.3 Å². The van der Waals surface area contributed by atoms with E-state index in [1.807, 2.05) is 6.92 Å². The number of urea groups is 1. The van der Waals surface area contributed by atoms with Crippen LogP contribution in [0.25, 0.3) is 10.2 Å². The van der Waals surface area contributed by atoms with Crippen molar-refractivity contribution < 1.29 is 9.72 Å². The molecule has 21 heavy (non-hydrogen) atoms. The highest BCUT2D eigenvalue weighted by molar-refractivity contribution is 7.22. The standard InChI is InChI=1S/C13H14N4O3S/c1-3-5-8-10(17(19)20)7-6-9-11(8)21-13(15-9)16-12(18)14-4-2/h3,6-7H,1,4-5H2,2H3,(H2,14,15,16,18). The van der Waals surface area contributed by atoms with Crippen molar-refractivity contribution in [2.24, 2.45) is 0 Å². The number of aromatic nitrogens is 1. The summed E-state index contributed by atoms with van der Waals surface area (Å²) in [6.45, 7) is 5.94. The lowest BCUT2D eigenvalue weighted by atomic mass is 10.1. The van der Waals surface area contributed by atoms with Crippen molar-refractivity contribution in [1.82, 2.24) is 10.3 Å². The fourth-order valence-electron chi connectivity index (χ4n) is 1.90. The number of fused-ring (bicyclic) bond motifs is 1. The van der Waals surface area contributed by atoms with E-state index >= 15 is 0 Å². The smallest absolute Gasteiger partial charge is 0.321 e. The van der Waals surface area contributed by atoms with E-state index in [9.17, 15) is 14.9 Å². The maximum Gasteiger partial charge on any atom is 0.321 e. The largest absolute Gasteiger partial charge is 0.338 e. The second-order valence-corrected chi connectivity index (χ2v) is 5.16. The molecule has 0 atom stereocenters. The van der Waals surface area contributed by atoms with Gasteiger partial charge in [0.1, 0.15) is 0 Å². The quantitative estimate of drug-likeness (QED) is 0.504. The van der Waals surface area contributed by atoms with Gasteiger partial charge in [0.2, 0.25) is 0 Å². The number of rotatable bonds is 5.